The number of rotatable bonds is 7. The number of hydrogen-bond donors (Lipinski definition) is 1. The second-order valence-corrected chi connectivity index (χ2v) is 11.2. The third-order valence-electron chi connectivity index (χ3n) is 6.30. The molecule has 0 bridgehead atoms. The summed E-state index contributed by atoms with van der Waals surface area (Å²) >= 11 is 0. The van der Waals surface area contributed by atoms with E-state index in [0.717, 1.165) is 17.7 Å². The van der Waals surface area contributed by atoms with Gasteiger partial charge in [-0.1, -0.05) is 26.0 Å². The van der Waals surface area contributed by atoms with E-state index in [1.807, 2.05) is 26.0 Å². The highest BCUT2D eigenvalue weighted by Gasteiger charge is 2.34. The molecule has 10 heteroatoms. The summed E-state index contributed by atoms with van der Waals surface area (Å²) in [5, 5.41) is 2.80. The van der Waals surface area contributed by atoms with E-state index in [-0.39, 0.29) is 48.0 Å². The minimum Gasteiger partial charge on any atom is -0.497 e. The van der Waals surface area contributed by atoms with E-state index in [1.165, 1.54) is 21.3 Å². The lowest BCUT2D eigenvalue weighted by Crippen LogP contribution is -2.45. The van der Waals surface area contributed by atoms with Gasteiger partial charge >= 0.3 is 0 Å². The van der Waals surface area contributed by atoms with Gasteiger partial charge in [0.1, 0.15) is 18.0 Å². The number of methoxy groups -OCH3 is 1. The van der Waals surface area contributed by atoms with E-state index in [1.54, 1.807) is 25.3 Å². The Bertz CT molecular complexity index is 1190. The number of benzene rings is 2. The molecule has 0 spiro atoms. The molecule has 2 atom stereocenters. The molecule has 35 heavy (non-hydrogen) atoms. The van der Waals surface area contributed by atoms with Crippen molar-refractivity contribution in [3.63, 3.8) is 0 Å². The Balaban J connectivity index is 1.51. The molecular weight excluding hydrogens is 470 g/mol. The predicted molar refractivity (Wildman–Crippen MR) is 131 cm³/mol. The molecule has 2 amide bonds. The number of amides is 2. The van der Waals surface area contributed by atoms with Crippen LogP contribution < -0.4 is 19.7 Å². The highest BCUT2D eigenvalue weighted by Crippen LogP contribution is 2.36. The lowest BCUT2D eigenvalue weighted by molar-refractivity contribution is -0.125. The van der Waals surface area contributed by atoms with Crippen LogP contribution in [0.4, 0.5) is 5.69 Å². The molecule has 9 nitrogen and oxygen atoms in total. The monoisotopic (exact) mass is 501 g/mol. The normalized spacial score (nSPS) is 20.7. The summed E-state index contributed by atoms with van der Waals surface area (Å²) in [6.45, 7) is 4.83. The number of carbonyl (C=O) groups is 2. The Morgan fingerprint density at radius 3 is 2.46 bits per heavy atom. The van der Waals surface area contributed by atoms with Gasteiger partial charge < -0.3 is 14.8 Å². The molecule has 4 rings (SSSR count). The number of nitrogens with zero attached hydrogens (tertiary/aromatic N) is 2. The van der Waals surface area contributed by atoms with Crippen molar-refractivity contribution in [3.05, 3.63) is 48.0 Å². The maximum absolute atomic E-state index is 13.4. The summed E-state index contributed by atoms with van der Waals surface area (Å²) in [5.41, 5.74) is 1.16. The summed E-state index contributed by atoms with van der Waals surface area (Å²) in [6.07, 6.45) is 0.984. The van der Waals surface area contributed by atoms with Gasteiger partial charge in [0.25, 0.3) is 5.91 Å². The Hall–Kier alpha value is -3.11. The maximum Gasteiger partial charge on any atom is 0.265 e. The fourth-order valence-corrected chi connectivity index (χ4v) is 6.31. The molecule has 2 aromatic rings. The van der Waals surface area contributed by atoms with Gasteiger partial charge in [-0.2, -0.15) is 4.31 Å². The Morgan fingerprint density at radius 2 is 1.80 bits per heavy atom. The summed E-state index contributed by atoms with van der Waals surface area (Å²) in [4.78, 5) is 26.7. The molecular formula is C25H31N3O6S. The van der Waals surface area contributed by atoms with Gasteiger partial charge in [-0.25, -0.2) is 8.42 Å². The van der Waals surface area contributed by atoms with Crippen LogP contribution in [0.25, 0.3) is 0 Å². The third-order valence-corrected chi connectivity index (χ3v) is 8.12. The number of sulfonamides is 1. The quantitative estimate of drug-likeness (QED) is 0.625. The van der Waals surface area contributed by atoms with Crippen molar-refractivity contribution in [2.45, 2.75) is 31.7 Å². The molecule has 2 aliphatic rings. The first-order chi connectivity index (χ1) is 16.7. The van der Waals surface area contributed by atoms with E-state index < -0.39 is 15.9 Å². The number of piperidine rings is 1. The average Bonchev–Trinajstić information content (AvgIpc) is 2.84. The van der Waals surface area contributed by atoms with Crippen LogP contribution in [0.1, 0.15) is 25.8 Å². The topological polar surface area (TPSA) is 105 Å². The van der Waals surface area contributed by atoms with Crippen molar-refractivity contribution in [3.8, 4) is 11.5 Å². The molecule has 2 aromatic carbocycles. The average molecular weight is 502 g/mol. The van der Waals surface area contributed by atoms with Crippen LogP contribution in [0.15, 0.2) is 47.4 Å². The van der Waals surface area contributed by atoms with Crippen LogP contribution in [0.2, 0.25) is 0 Å². The zero-order chi connectivity index (χ0) is 25.2. The Kier molecular flexibility index (Phi) is 7.32. The van der Waals surface area contributed by atoms with Crippen molar-refractivity contribution >= 4 is 27.5 Å². The Morgan fingerprint density at radius 1 is 1.11 bits per heavy atom. The van der Waals surface area contributed by atoms with Gasteiger partial charge in [-0.3, -0.25) is 14.5 Å². The molecule has 1 fully saturated rings. The number of carbonyl (C=O) groups excluding carboxylic acids is 2. The molecule has 0 aliphatic carbocycles. The summed E-state index contributed by atoms with van der Waals surface area (Å²) < 4.78 is 38.9. The van der Waals surface area contributed by atoms with E-state index in [0.29, 0.717) is 18.8 Å². The molecule has 0 radical (unpaired) electrons. The zero-order valence-electron chi connectivity index (χ0n) is 20.2. The van der Waals surface area contributed by atoms with Crippen LogP contribution in [0, 0.1) is 11.8 Å². The van der Waals surface area contributed by atoms with Crippen molar-refractivity contribution in [1.29, 1.82) is 0 Å². The molecule has 1 N–H and O–H groups in total. The summed E-state index contributed by atoms with van der Waals surface area (Å²) in [7, 11) is -2.17. The number of ether oxygens (including phenoxy) is 2. The fourth-order valence-electron chi connectivity index (χ4n) is 4.61. The predicted octanol–water partition coefficient (Wildman–Crippen LogP) is 2.40. The summed E-state index contributed by atoms with van der Waals surface area (Å²) in [5.74, 6) is 0.839. The smallest absolute Gasteiger partial charge is 0.265 e. The summed E-state index contributed by atoms with van der Waals surface area (Å²) in [6, 6.07) is 11.8. The van der Waals surface area contributed by atoms with E-state index in [9.17, 15) is 18.0 Å². The van der Waals surface area contributed by atoms with Crippen LogP contribution in [-0.4, -0.2) is 57.9 Å². The molecule has 1 saturated heterocycles. The first-order valence-electron chi connectivity index (χ1n) is 11.6. The second kappa shape index (κ2) is 10.2. The van der Waals surface area contributed by atoms with Crippen molar-refractivity contribution < 1.29 is 27.5 Å². The van der Waals surface area contributed by atoms with E-state index >= 15 is 0 Å². The van der Waals surface area contributed by atoms with Gasteiger partial charge in [-0.05, 0) is 54.2 Å². The maximum atomic E-state index is 13.4. The van der Waals surface area contributed by atoms with Crippen LogP contribution in [0.3, 0.4) is 0 Å². The molecule has 2 aliphatic heterocycles. The lowest BCUT2D eigenvalue weighted by atomic mass is 9.94. The molecule has 0 saturated carbocycles. The molecule has 188 valence electrons. The molecule has 2 heterocycles. The van der Waals surface area contributed by atoms with Crippen molar-refractivity contribution in [2.24, 2.45) is 11.8 Å². The van der Waals surface area contributed by atoms with Gasteiger partial charge in [0.05, 0.1) is 17.7 Å². The van der Waals surface area contributed by atoms with Crippen LogP contribution in [-0.2, 0) is 26.2 Å². The minimum atomic E-state index is -3.75. The third kappa shape index (κ3) is 5.59. The molecule has 0 unspecified atom stereocenters. The fraction of sp³-hybridized carbons (Fsp3) is 0.440. The number of fused-ring (bicyclic) bond motifs is 1. The standard InChI is InChI=1S/C25H31N3O6S/c1-17-10-18(2)14-27(13-17)35(31,32)21-8-9-23-22(11-21)28(25(30)16-34-23)15-24(29)26-12-19-4-6-20(33-3)7-5-19/h4-9,11,17-18H,10,12-16H2,1-3H3,(H,26,29)/t17-,18-/m1/s1. The zero-order valence-corrected chi connectivity index (χ0v) is 21.0. The first kappa shape index (κ1) is 25.0. The highest BCUT2D eigenvalue weighted by molar-refractivity contribution is 7.89. The van der Waals surface area contributed by atoms with Crippen LogP contribution in [0.5, 0.6) is 11.5 Å². The number of hydrogen-bond acceptors (Lipinski definition) is 6. The lowest BCUT2D eigenvalue weighted by Gasteiger charge is -2.34. The van der Waals surface area contributed by atoms with Gasteiger partial charge in [-0.15, -0.1) is 0 Å². The molecule has 0 aromatic heterocycles. The Labute approximate surface area is 206 Å². The SMILES string of the molecule is COc1ccc(CNC(=O)CN2C(=O)COc3ccc(S(=O)(=O)N4C[C@H](C)C[C@@H](C)C4)cc32)cc1. The highest BCUT2D eigenvalue weighted by atomic mass is 32.2. The first-order valence-corrected chi connectivity index (χ1v) is 13.1. The van der Waals surface area contributed by atoms with Gasteiger partial charge in [0, 0.05) is 19.6 Å². The minimum absolute atomic E-state index is 0.0829. The van der Waals surface area contributed by atoms with Gasteiger partial charge in [0.15, 0.2) is 6.61 Å². The van der Waals surface area contributed by atoms with Crippen molar-refractivity contribution in [2.75, 3.05) is 38.3 Å². The van der Waals surface area contributed by atoms with E-state index in [2.05, 4.69) is 5.32 Å². The van der Waals surface area contributed by atoms with Crippen molar-refractivity contribution in [1.82, 2.24) is 9.62 Å². The van der Waals surface area contributed by atoms with E-state index in [4.69, 9.17) is 9.47 Å². The number of anilines is 1. The second-order valence-electron chi connectivity index (χ2n) is 9.29. The van der Waals surface area contributed by atoms with Crippen LogP contribution >= 0.6 is 0 Å². The number of nitrogens with one attached hydrogen (secondary N) is 1. The largest absolute Gasteiger partial charge is 0.497 e. The van der Waals surface area contributed by atoms with Gasteiger partial charge in [0.2, 0.25) is 15.9 Å².